The maximum Gasteiger partial charge on any atom is 0.472 e. The lowest BCUT2D eigenvalue weighted by atomic mass is 10.1. The monoisotopic (exact) mass is 768 g/mol. The van der Waals surface area contributed by atoms with Crippen LogP contribution in [0.3, 0.4) is 0 Å². The SMILES string of the molecule is CC/C=C\C/C=C\C/C=C\CCCCCC(=O)OC(CO)COP(=O)(O)OCC(CO)OC(=O)CCCCCCCCC/C=C\C/C=C\CCCCC. The summed E-state index contributed by atoms with van der Waals surface area (Å²) >= 11 is 0. The van der Waals surface area contributed by atoms with E-state index in [2.05, 4.69) is 74.6 Å². The summed E-state index contributed by atoms with van der Waals surface area (Å²) in [4.78, 5) is 34.4. The Morgan fingerprint density at radius 1 is 0.528 bits per heavy atom. The number of phosphoric acid groups is 1. The molecule has 0 aromatic rings. The Labute approximate surface area is 321 Å². The summed E-state index contributed by atoms with van der Waals surface area (Å²) in [6.07, 6.45) is 40.5. The van der Waals surface area contributed by atoms with Crippen LogP contribution in [0.5, 0.6) is 0 Å². The topological polar surface area (TPSA) is 149 Å². The summed E-state index contributed by atoms with van der Waals surface area (Å²) in [5.74, 6) is -1.06. The van der Waals surface area contributed by atoms with Crippen molar-refractivity contribution in [1.29, 1.82) is 0 Å². The zero-order valence-electron chi connectivity index (χ0n) is 33.0. The first-order chi connectivity index (χ1) is 25.8. The van der Waals surface area contributed by atoms with Gasteiger partial charge in [0.05, 0.1) is 26.4 Å². The molecule has 53 heavy (non-hydrogen) atoms. The van der Waals surface area contributed by atoms with Gasteiger partial charge in [-0.1, -0.05) is 126 Å². The van der Waals surface area contributed by atoms with Gasteiger partial charge in [0.25, 0.3) is 0 Å². The number of rotatable bonds is 37. The number of hydrogen-bond acceptors (Lipinski definition) is 9. The molecule has 3 unspecified atom stereocenters. The highest BCUT2D eigenvalue weighted by molar-refractivity contribution is 7.47. The lowest BCUT2D eigenvalue weighted by molar-refractivity contribution is -0.153. The third-order valence-electron chi connectivity index (χ3n) is 8.21. The molecular formula is C42H73O10P. The minimum absolute atomic E-state index is 0.154. The van der Waals surface area contributed by atoms with Crippen molar-refractivity contribution in [2.45, 2.75) is 167 Å². The van der Waals surface area contributed by atoms with Crippen molar-refractivity contribution < 1.29 is 47.8 Å². The first kappa shape index (κ1) is 50.7. The molecule has 3 N–H and O–H groups in total. The molecule has 3 atom stereocenters. The highest BCUT2D eigenvalue weighted by Crippen LogP contribution is 2.43. The zero-order valence-corrected chi connectivity index (χ0v) is 33.9. The maximum atomic E-state index is 12.3. The first-order valence-corrected chi connectivity index (χ1v) is 21.7. The van der Waals surface area contributed by atoms with E-state index in [4.69, 9.17) is 18.5 Å². The van der Waals surface area contributed by atoms with Crippen LogP contribution in [-0.4, -0.2) is 65.7 Å². The second-order valence-corrected chi connectivity index (χ2v) is 14.7. The number of aliphatic hydroxyl groups is 2. The van der Waals surface area contributed by atoms with Crippen molar-refractivity contribution in [1.82, 2.24) is 0 Å². The van der Waals surface area contributed by atoms with Crippen LogP contribution in [0.4, 0.5) is 0 Å². The fourth-order valence-electron chi connectivity index (χ4n) is 5.10. The molecule has 0 aliphatic rings. The predicted octanol–water partition coefficient (Wildman–Crippen LogP) is 10.3. The average molecular weight is 769 g/mol. The Morgan fingerprint density at radius 2 is 0.887 bits per heavy atom. The van der Waals surface area contributed by atoms with E-state index in [1.165, 1.54) is 44.9 Å². The summed E-state index contributed by atoms with van der Waals surface area (Å²) in [7, 11) is -4.65. The molecule has 0 saturated carbocycles. The van der Waals surface area contributed by atoms with Crippen LogP contribution in [0, 0.1) is 0 Å². The van der Waals surface area contributed by atoms with Crippen LogP contribution < -0.4 is 0 Å². The van der Waals surface area contributed by atoms with E-state index in [1.807, 2.05) is 0 Å². The van der Waals surface area contributed by atoms with Gasteiger partial charge in [-0.15, -0.1) is 0 Å². The number of ether oxygens (including phenoxy) is 2. The molecule has 0 aliphatic carbocycles. The highest BCUT2D eigenvalue weighted by atomic mass is 31.2. The third-order valence-corrected chi connectivity index (χ3v) is 9.16. The number of phosphoric ester groups is 1. The molecule has 0 radical (unpaired) electrons. The number of unbranched alkanes of at least 4 members (excludes halogenated alkanes) is 13. The van der Waals surface area contributed by atoms with Gasteiger partial charge in [0.15, 0.2) is 0 Å². The fraction of sp³-hybridized carbons (Fsp3) is 0.714. The second-order valence-electron chi connectivity index (χ2n) is 13.2. The Morgan fingerprint density at radius 3 is 1.30 bits per heavy atom. The van der Waals surface area contributed by atoms with Crippen molar-refractivity contribution in [2.75, 3.05) is 26.4 Å². The summed E-state index contributed by atoms with van der Waals surface area (Å²) in [5, 5.41) is 19.1. The van der Waals surface area contributed by atoms with Crippen molar-refractivity contribution in [2.24, 2.45) is 0 Å². The number of esters is 2. The molecule has 0 spiro atoms. The minimum atomic E-state index is -4.65. The summed E-state index contributed by atoms with van der Waals surface area (Å²) in [6, 6.07) is 0. The molecular weight excluding hydrogens is 695 g/mol. The molecule has 0 rings (SSSR count). The van der Waals surface area contributed by atoms with E-state index < -0.39 is 58.4 Å². The van der Waals surface area contributed by atoms with Crippen molar-refractivity contribution in [3.05, 3.63) is 60.8 Å². The summed E-state index contributed by atoms with van der Waals surface area (Å²) in [6.45, 7) is 2.00. The predicted molar refractivity (Wildman–Crippen MR) is 214 cm³/mol. The lowest BCUT2D eigenvalue weighted by Gasteiger charge is -2.20. The molecule has 0 aromatic carbocycles. The van der Waals surface area contributed by atoms with Gasteiger partial charge in [0.2, 0.25) is 0 Å². The number of hydrogen-bond donors (Lipinski definition) is 3. The van der Waals surface area contributed by atoms with E-state index in [0.29, 0.717) is 12.8 Å². The van der Waals surface area contributed by atoms with Gasteiger partial charge >= 0.3 is 19.8 Å². The van der Waals surface area contributed by atoms with Gasteiger partial charge < -0.3 is 24.6 Å². The fourth-order valence-corrected chi connectivity index (χ4v) is 5.88. The van der Waals surface area contributed by atoms with E-state index >= 15 is 0 Å². The Balaban J connectivity index is 4.00. The number of carbonyl (C=O) groups excluding carboxylic acids is 2. The quantitative estimate of drug-likeness (QED) is 0.0241. The smallest absolute Gasteiger partial charge is 0.457 e. The molecule has 0 amide bonds. The van der Waals surface area contributed by atoms with Crippen molar-refractivity contribution in [3.63, 3.8) is 0 Å². The maximum absolute atomic E-state index is 12.3. The van der Waals surface area contributed by atoms with Crippen LogP contribution in [0.25, 0.3) is 0 Å². The molecule has 0 aromatic heterocycles. The molecule has 0 aliphatic heterocycles. The van der Waals surface area contributed by atoms with Gasteiger partial charge in [-0.25, -0.2) is 4.57 Å². The molecule has 0 bridgehead atoms. The number of carbonyl (C=O) groups is 2. The van der Waals surface area contributed by atoms with E-state index in [1.54, 1.807) is 0 Å². The van der Waals surface area contributed by atoms with Crippen LogP contribution in [0.2, 0.25) is 0 Å². The molecule has 306 valence electrons. The van der Waals surface area contributed by atoms with Crippen LogP contribution in [0.1, 0.15) is 155 Å². The summed E-state index contributed by atoms with van der Waals surface area (Å²) in [5.41, 5.74) is 0. The van der Waals surface area contributed by atoms with Gasteiger partial charge in [-0.05, 0) is 77.0 Å². The second kappa shape index (κ2) is 38.0. The number of aliphatic hydroxyl groups excluding tert-OH is 2. The zero-order chi connectivity index (χ0) is 39.1. The highest BCUT2D eigenvalue weighted by Gasteiger charge is 2.27. The lowest BCUT2D eigenvalue weighted by Crippen LogP contribution is -2.28. The van der Waals surface area contributed by atoms with Crippen LogP contribution in [0.15, 0.2) is 60.8 Å². The molecule has 10 nitrogen and oxygen atoms in total. The standard InChI is InChI=1S/C42H73O10P/c1-3-5-7-9-11-13-15-17-18-19-20-22-24-26-28-30-32-34-42(46)52-40(36-44)38-50-53(47,48)49-37-39(35-43)51-41(45)33-31-29-27-25-23-21-16-14-12-10-8-6-4-2/h6,8,11-14,17-18,21,23,39-40,43-44H,3-5,7,9-10,15-16,19-20,22,24-38H2,1-2H3,(H,47,48)/b8-6-,13-11-,14-12-,18-17-,23-21-. The summed E-state index contributed by atoms with van der Waals surface area (Å²) < 4.78 is 32.5. The largest absolute Gasteiger partial charge is 0.472 e. The first-order valence-electron chi connectivity index (χ1n) is 20.2. The molecule has 11 heteroatoms. The Bertz CT molecular complexity index is 1070. The van der Waals surface area contributed by atoms with Crippen LogP contribution in [-0.2, 0) is 32.7 Å². The van der Waals surface area contributed by atoms with Gasteiger partial charge in [-0.3, -0.25) is 18.6 Å². The third kappa shape index (κ3) is 36.4. The van der Waals surface area contributed by atoms with Gasteiger partial charge in [-0.2, -0.15) is 0 Å². The van der Waals surface area contributed by atoms with Gasteiger partial charge in [0.1, 0.15) is 12.2 Å². The Kier molecular flexibility index (Phi) is 36.3. The minimum Gasteiger partial charge on any atom is -0.457 e. The Hall–Kier alpha value is -2.33. The van der Waals surface area contributed by atoms with E-state index in [-0.39, 0.29) is 12.8 Å². The molecule has 0 fully saturated rings. The molecule has 0 heterocycles. The van der Waals surface area contributed by atoms with Crippen molar-refractivity contribution >= 4 is 19.8 Å². The van der Waals surface area contributed by atoms with Crippen molar-refractivity contribution in [3.8, 4) is 0 Å². The van der Waals surface area contributed by atoms with E-state index in [0.717, 1.165) is 70.6 Å². The van der Waals surface area contributed by atoms with Gasteiger partial charge in [0, 0.05) is 12.8 Å². The molecule has 0 saturated heterocycles. The van der Waals surface area contributed by atoms with Crippen LogP contribution >= 0.6 is 7.82 Å². The van der Waals surface area contributed by atoms with E-state index in [9.17, 15) is 29.3 Å². The normalized spacial score (nSPS) is 14.6. The number of allylic oxidation sites excluding steroid dienone is 10. The average Bonchev–Trinajstić information content (AvgIpc) is 3.14.